The summed E-state index contributed by atoms with van der Waals surface area (Å²) >= 11 is 0. The van der Waals surface area contributed by atoms with Crippen LogP contribution in [0.25, 0.3) is 0 Å². The third-order valence-electron chi connectivity index (χ3n) is 4.22. The maximum atomic E-state index is 13.2. The van der Waals surface area contributed by atoms with E-state index in [0.717, 1.165) is 31.8 Å². The van der Waals surface area contributed by atoms with E-state index < -0.39 is 11.6 Å². The van der Waals surface area contributed by atoms with Crippen LogP contribution in [0.5, 0.6) is 0 Å². The van der Waals surface area contributed by atoms with E-state index in [1.54, 1.807) is 11.9 Å². The van der Waals surface area contributed by atoms with E-state index >= 15 is 0 Å². The highest BCUT2D eigenvalue weighted by Crippen LogP contribution is 2.10. The number of morpholine rings is 1. The number of rotatable bonds is 8. The number of halogens is 2. The number of ether oxygens (including phenoxy) is 1. The fraction of sp³-hybridized carbons (Fsp3) is 0.632. The molecule has 1 N–H and O–H groups in total. The molecule has 0 aromatic heterocycles. The largest absolute Gasteiger partial charge is 0.374 e. The van der Waals surface area contributed by atoms with Gasteiger partial charge in [-0.15, -0.1) is 0 Å². The van der Waals surface area contributed by atoms with Crippen molar-refractivity contribution in [3.8, 4) is 0 Å². The molecular weight excluding hydrogens is 340 g/mol. The van der Waals surface area contributed by atoms with Crippen LogP contribution in [0.2, 0.25) is 0 Å². The molecule has 1 heterocycles. The first-order valence-electron chi connectivity index (χ1n) is 9.06. The maximum absolute atomic E-state index is 13.2. The summed E-state index contributed by atoms with van der Waals surface area (Å²) in [5.74, 6) is -1.25. The third-order valence-corrected chi connectivity index (χ3v) is 4.22. The van der Waals surface area contributed by atoms with Gasteiger partial charge >= 0.3 is 0 Å². The molecule has 1 fully saturated rings. The molecule has 0 spiro atoms. The Morgan fingerprint density at radius 3 is 2.85 bits per heavy atom. The Bertz CT molecular complexity index is 598. The minimum absolute atomic E-state index is 0.00273. The number of hydrogen-bond donors (Lipinski definition) is 1. The molecule has 146 valence electrons. The van der Waals surface area contributed by atoms with Gasteiger partial charge in [-0.05, 0) is 30.7 Å². The van der Waals surface area contributed by atoms with E-state index in [-0.39, 0.29) is 18.6 Å². The Balaban J connectivity index is 1.71. The molecule has 7 heteroatoms. The predicted octanol–water partition coefficient (Wildman–Crippen LogP) is 1.87. The van der Waals surface area contributed by atoms with Crippen molar-refractivity contribution in [1.29, 1.82) is 0 Å². The van der Waals surface area contributed by atoms with Crippen molar-refractivity contribution in [3.05, 3.63) is 35.4 Å². The second-order valence-electron chi connectivity index (χ2n) is 7.37. The molecule has 1 aromatic carbocycles. The SMILES string of the molecule is CC(C)CN1CCOC(CNC(=O)CN(C)Cc2ccc(F)c(F)c2)C1. The van der Waals surface area contributed by atoms with Crippen molar-refractivity contribution in [3.63, 3.8) is 0 Å². The van der Waals surface area contributed by atoms with E-state index in [1.807, 2.05) is 0 Å². The Labute approximate surface area is 154 Å². The Kier molecular flexibility index (Phi) is 7.93. The van der Waals surface area contributed by atoms with Gasteiger partial charge in [0.2, 0.25) is 5.91 Å². The molecule has 0 aliphatic carbocycles. The Morgan fingerprint density at radius 2 is 2.15 bits per heavy atom. The number of carbonyl (C=O) groups is 1. The zero-order chi connectivity index (χ0) is 19.1. The van der Waals surface area contributed by atoms with Crippen LogP contribution < -0.4 is 5.32 Å². The predicted molar refractivity (Wildman–Crippen MR) is 96.7 cm³/mol. The minimum atomic E-state index is -0.874. The number of amides is 1. The molecule has 1 unspecified atom stereocenters. The highest BCUT2D eigenvalue weighted by molar-refractivity contribution is 5.78. The average molecular weight is 369 g/mol. The number of carbonyl (C=O) groups excluding carboxylic acids is 1. The van der Waals surface area contributed by atoms with Crippen LogP contribution in [-0.4, -0.2) is 68.2 Å². The Hall–Kier alpha value is -1.57. The van der Waals surface area contributed by atoms with Crippen molar-refractivity contribution in [2.75, 3.05) is 46.4 Å². The van der Waals surface area contributed by atoms with E-state index in [2.05, 4.69) is 24.1 Å². The molecule has 1 saturated heterocycles. The summed E-state index contributed by atoms with van der Waals surface area (Å²) in [6.45, 7) is 8.88. The van der Waals surface area contributed by atoms with E-state index in [4.69, 9.17) is 4.74 Å². The van der Waals surface area contributed by atoms with Gasteiger partial charge in [-0.3, -0.25) is 14.6 Å². The number of nitrogens with zero attached hydrogens (tertiary/aromatic N) is 2. The highest BCUT2D eigenvalue weighted by Gasteiger charge is 2.21. The van der Waals surface area contributed by atoms with Crippen molar-refractivity contribution >= 4 is 5.91 Å². The molecule has 26 heavy (non-hydrogen) atoms. The van der Waals surface area contributed by atoms with E-state index in [1.165, 1.54) is 6.07 Å². The number of benzene rings is 1. The van der Waals surface area contributed by atoms with Gasteiger partial charge < -0.3 is 10.1 Å². The molecule has 0 radical (unpaired) electrons. The molecule has 5 nitrogen and oxygen atoms in total. The van der Waals surface area contributed by atoms with Crippen molar-refractivity contribution < 1.29 is 18.3 Å². The molecule has 1 atom stereocenters. The molecule has 1 amide bonds. The second kappa shape index (κ2) is 9.94. The van der Waals surface area contributed by atoms with Gasteiger partial charge in [-0.2, -0.15) is 0 Å². The van der Waals surface area contributed by atoms with Crippen LogP contribution in [0, 0.1) is 17.6 Å². The molecule has 2 rings (SSSR count). The smallest absolute Gasteiger partial charge is 0.234 e. The molecule has 1 aromatic rings. The number of likely N-dealkylation sites (N-methyl/N-ethyl adjacent to an activating group) is 1. The van der Waals surface area contributed by atoms with Gasteiger partial charge in [0.25, 0.3) is 0 Å². The standard InChI is InChI=1S/C19H29F2N3O2/c1-14(2)10-24-6-7-26-16(12-24)9-22-19(25)13-23(3)11-15-4-5-17(20)18(21)8-15/h4-5,8,14,16H,6-7,9-13H2,1-3H3,(H,22,25). The fourth-order valence-corrected chi connectivity index (χ4v) is 3.12. The van der Waals surface area contributed by atoms with Gasteiger partial charge in [0, 0.05) is 32.7 Å². The quantitative estimate of drug-likeness (QED) is 0.760. The van der Waals surface area contributed by atoms with Gasteiger partial charge in [-0.25, -0.2) is 8.78 Å². The van der Waals surface area contributed by atoms with Crippen LogP contribution in [0.1, 0.15) is 19.4 Å². The molecule has 1 aliphatic rings. The zero-order valence-electron chi connectivity index (χ0n) is 15.8. The lowest BCUT2D eigenvalue weighted by molar-refractivity contribution is -0.123. The lowest BCUT2D eigenvalue weighted by atomic mass is 10.2. The fourth-order valence-electron chi connectivity index (χ4n) is 3.12. The van der Waals surface area contributed by atoms with Gasteiger partial charge in [0.1, 0.15) is 0 Å². The number of hydrogen-bond acceptors (Lipinski definition) is 4. The number of nitrogens with one attached hydrogen (secondary N) is 1. The van der Waals surface area contributed by atoms with Gasteiger partial charge in [-0.1, -0.05) is 19.9 Å². The second-order valence-corrected chi connectivity index (χ2v) is 7.37. The van der Waals surface area contributed by atoms with E-state index in [0.29, 0.717) is 31.2 Å². The maximum Gasteiger partial charge on any atom is 0.234 e. The highest BCUT2D eigenvalue weighted by atomic mass is 19.2. The van der Waals surface area contributed by atoms with Crippen LogP contribution in [0.4, 0.5) is 8.78 Å². The normalized spacial score (nSPS) is 18.5. The monoisotopic (exact) mass is 369 g/mol. The summed E-state index contributed by atoms with van der Waals surface area (Å²) in [5, 5.41) is 2.90. The first-order chi connectivity index (χ1) is 12.3. The topological polar surface area (TPSA) is 44.8 Å². The molecule has 0 saturated carbocycles. The summed E-state index contributed by atoms with van der Waals surface area (Å²) < 4.78 is 31.9. The molecule has 0 bridgehead atoms. The van der Waals surface area contributed by atoms with Crippen LogP contribution in [-0.2, 0) is 16.1 Å². The van der Waals surface area contributed by atoms with Crippen LogP contribution in [0.15, 0.2) is 18.2 Å². The van der Waals surface area contributed by atoms with E-state index in [9.17, 15) is 13.6 Å². The Morgan fingerprint density at radius 1 is 1.38 bits per heavy atom. The summed E-state index contributed by atoms with van der Waals surface area (Å²) in [6.07, 6.45) is 0.00273. The zero-order valence-corrected chi connectivity index (χ0v) is 15.8. The summed E-state index contributed by atoms with van der Waals surface area (Å²) in [5.41, 5.74) is 0.624. The van der Waals surface area contributed by atoms with Crippen LogP contribution in [0.3, 0.4) is 0 Å². The summed E-state index contributed by atoms with van der Waals surface area (Å²) in [7, 11) is 1.77. The summed E-state index contributed by atoms with van der Waals surface area (Å²) in [4.78, 5) is 16.2. The lowest BCUT2D eigenvalue weighted by Gasteiger charge is -2.34. The average Bonchev–Trinajstić information content (AvgIpc) is 2.56. The lowest BCUT2D eigenvalue weighted by Crippen LogP contribution is -2.49. The first kappa shape index (κ1) is 20.7. The van der Waals surface area contributed by atoms with Crippen molar-refractivity contribution in [2.45, 2.75) is 26.5 Å². The van der Waals surface area contributed by atoms with Gasteiger partial charge in [0.05, 0.1) is 19.3 Å². The van der Waals surface area contributed by atoms with Crippen molar-refractivity contribution in [2.24, 2.45) is 5.92 Å². The molecular formula is C19H29F2N3O2. The van der Waals surface area contributed by atoms with Gasteiger partial charge in [0.15, 0.2) is 11.6 Å². The third kappa shape index (κ3) is 6.97. The summed E-state index contributed by atoms with van der Waals surface area (Å²) in [6, 6.07) is 3.77. The molecule has 1 aliphatic heterocycles. The first-order valence-corrected chi connectivity index (χ1v) is 9.06. The minimum Gasteiger partial charge on any atom is -0.374 e. The van der Waals surface area contributed by atoms with Crippen LogP contribution >= 0.6 is 0 Å². The van der Waals surface area contributed by atoms with Crippen molar-refractivity contribution in [1.82, 2.24) is 15.1 Å².